The van der Waals surface area contributed by atoms with Crippen molar-refractivity contribution in [1.29, 1.82) is 0 Å². The van der Waals surface area contributed by atoms with Crippen LogP contribution < -0.4 is 26.2 Å². The standard InChI is InChI=1S/C43H54N12O6/c1-26(47-39-37(38(44)57)46-22-35(48-39)53-15-4-5-30(25-53)54-20-19-50(3)43(54)61)6-9-33(45-2)28-13-16-51(17-14-28)23-27-12-18-52(24-27)29-7-8-31-32(21-29)42(60)55(41(31)59)34-10-11-36(56)49-40(34)58/h6-9,21-22,27-28,30,34H,2,4-5,10-20,23-25H2,1,3H3,(H2,44,57)(H,47,48)(H,49,56,58)/b26-6+,33-9-/t27-,30-,34?/m1/s1. The molecule has 0 bridgehead atoms. The first kappa shape index (κ1) is 41.6. The predicted octanol–water partition coefficient (Wildman–Crippen LogP) is 2.45. The average Bonchev–Trinajstić information content (AvgIpc) is 3.93. The molecular formula is C43H54N12O6. The van der Waals surface area contributed by atoms with Crippen LogP contribution in [0.5, 0.6) is 0 Å². The molecule has 7 heterocycles. The second kappa shape index (κ2) is 17.4. The maximum absolute atomic E-state index is 13.4. The van der Waals surface area contributed by atoms with Gasteiger partial charge in [0.2, 0.25) is 11.8 Å². The Bertz CT molecular complexity index is 2200. The lowest BCUT2D eigenvalue weighted by molar-refractivity contribution is -0.136. The van der Waals surface area contributed by atoms with Gasteiger partial charge in [-0.2, -0.15) is 0 Å². The zero-order valence-electron chi connectivity index (χ0n) is 34.8. The van der Waals surface area contributed by atoms with Gasteiger partial charge in [0.15, 0.2) is 11.5 Å². The molecule has 8 rings (SSSR count). The van der Waals surface area contributed by atoms with E-state index in [1.807, 2.05) is 37.1 Å². The number of hydrogen-bond acceptors (Lipinski definition) is 13. The van der Waals surface area contributed by atoms with Gasteiger partial charge in [0.05, 0.1) is 23.4 Å². The van der Waals surface area contributed by atoms with Gasteiger partial charge < -0.3 is 35.6 Å². The number of rotatable bonds is 12. The zero-order valence-corrected chi connectivity index (χ0v) is 34.8. The quantitative estimate of drug-likeness (QED) is 0.160. The number of imide groups is 2. The molecule has 0 radical (unpaired) electrons. The summed E-state index contributed by atoms with van der Waals surface area (Å²) in [7, 11) is 1.82. The third-order valence-electron chi connectivity index (χ3n) is 13.0. The molecule has 0 saturated carbocycles. The number of hydrogen-bond donors (Lipinski definition) is 3. The number of likely N-dealkylation sites (tertiary alicyclic amines) is 1. The van der Waals surface area contributed by atoms with Crippen LogP contribution in [0, 0.1) is 11.8 Å². The van der Waals surface area contributed by atoms with Gasteiger partial charge in [-0.3, -0.25) is 39.2 Å². The summed E-state index contributed by atoms with van der Waals surface area (Å²) in [5.41, 5.74) is 8.82. The van der Waals surface area contributed by atoms with E-state index in [0.29, 0.717) is 36.9 Å². The van der Waals surface area contributed by atoms with Crippen molar-refractivity contribution in [2.75, 3.05) is 81.1 Å². The maximum Gasteiger partial charge on any atom is 0.320 e. The number of nitrogens with zero attached hydrogens (tertiary/aromatic N) is 9. The van der Waals surface area contributed by atoms with Crippen LogP contribution in [0.3, 0.4) is 0 Å². The SMILES string of the molecule is C=N/C(=C\C=C(/C)Nc1nc(N2CCC[C@@H](N3CCN(C)C3=O)C2)cnc1C(N)=O)C1CCN(C[C@H]2CCN(c3ccc4c(c3)C(=O)N(C3CCC(=O)NC3=O)C4=O)C2)CC1. The Morgan fingerprint density at radius 1 is 0.951 bits per heavy atom. The monoisotopic (exact) mass is 834 g/mol. The van der Waals surface area contributed by atoms with Crippen molar-refractivity contribution < 1.29 is 28.8 Å². The van der Waals surface area contributed by atoms with E-state index < -0.39 is 35.6 Å². The fraction of sp³-hybridized carbons (Fsp3) is 0.512. The number of piperidine rings is 3. The Hall–Kier alpha value is -6.17. The summed E-state index contributed by atoms with van der Waals surface area (Å²) in [6.45, 7) is 13.0. The van der Waals surface area contributed by atoms with Gasteiger partial charge in [-0.15, -0.1) is 0 Å². The fourth-order valence-electron chi connectivity index (χ4n) is 9.63. The second-order valence-electron chi connectivity index (χ2n) is 17.0. The number of benzene rings is 1. The molecule has 1 unspecified atom stereocenters. The number of anilines is 3. The number of aromatic nitrogens is 2. The first-order valence-electron chi connectivity index (χ1n) is 21.3. The minimum absolute atomic E-state index is 0.0439. The molecule has 18 heteroatoms. The largest absolute Gasteiger partial charge is 0.371 e. The molecule has 0 spiro atoms. The number of fused-ring (bicyclic) bond motifs is 1. The van der Waals surface area contributed by atoms with Crippen LogP contribution in [0.2, 0.25) is 0 Å². The number of aliphatic imine (C=N–C) groups is 1. The first-order chi connectivity index (χ1) is 29.4. The summed E-state index contributed by atoms with van der Waals surface area (Å²) in [6.07, 6.45) is 10.3. The summed E-state index contributed by atoms with van der Waals surface area (Å²) in [5, 5.41) is 5.48. The maximum atomic E-state index is 13.4. The highest BCUT2D eigenvalue weighted by molar-refractivity contribution is 6.23. The summed E-state index contributed by atoms with van der Waals surface area (Å²) < 4.78 is 0. The molecule has 61 heavy (non-hydrogen) atoms. The Balaban J connectivity index is 0.839. The molecule has 3 atom stereocenters. The van der Waals surface area contributed by atoms with Gasteiger partial charge in [-0.25, -0.2) is 14.8 Å². The van der Waals surface area contributed by atoms with Crippen molar-refractivity contribution in [3.8, 4) is 0 Å². The molecule has 322 valence electrons. The Kier molecular flexibility index (Phi) is 11.9. The molecular weight excluding hydrogens is 781 g/mol. The van der Waals surface area contributed by atoms with Crippen LogP contribution in [0.25, 0.3) is 0 Å². The number of allylic oxidation sites excluding steroid dienone is 4. The van der Waals surface area contributed by atoms with E-state index in [4.69, 9.17) is 10.7 Å². The number of primary amides is 1. The summed E-state index contributed by atoms with van der Waals surface area (Å²) in [5.74, 6) is -1.13. The predicted molar refractivity (Wildman–Crippen MR) is 228 cm³/mol. The normalized spacial score (nSPS) is 24.5. The van der Waals surface area contributed by atoms with Gasteiger partial charge in [0, 0.05) is 82.3 Å². The third kappa shape index (κ3) is 8.58. The number of carbonyl (C=O) groups excluding carboxylic acids is 6. The lowest BCUT2D eigenvalue weighted by Crippen LogP contribution is -2.54. The molecule has 1 aromatic heterocycles. The first-order valence-corrected chi connectivity index (χ1v) is 21.3. The Morgan fingerprint density at radius 3 is 2.46 bits per heavy atom. The molecule has 5 saturated heterocycles. The highest BCUT2D eigenvalue weighted by Crippen LogP contribution is 2.34. The lowest BCUT2D eigenvalue weighted by Gasteiger charge is -2.37. The minimum atomic E-state index is -0.986. The number of amides is 7. The smallest absolute Gasteiger partial charge is 0.320 e. The molecule has 2 aromatic rings. The van der Waals surface area contributed by atoms with Crippen molar-refractivity contribution in [2.24, 2.45) is 22.6 Å². The number of nitrogens with two attached hydrogens (primary N) is 1. The molecule has 18 nitrogen and oxygen atoms in total. The van der Waals surface area contributed by atoms with E-state index in [1.54, 1.807) is 23.2 Å². The van der Waals surface area contributed by atoms with Crippen LogP contribution in [0.4, 0.5) is 22.1 Å². The van der Waals surface area contributed by atoms with Crippen molar-refractivity contribution in [3.63, 3.8) is 0 Å². The Labute approximate surface area is 354 Å². The number of carbonyl (C=O) groups is 6. The van der Waals surface area contributed by atoms with Gasteiger partial charge in [0.25, 0.3) is 17.7 Å². The van der Waals surface area contributed by atoms with E-state index in [2.05, 4.69) is 42.0 Å². The summed E-state index contributed by atoms with van der Waals surface area (Å²) >= 11 is 0. The Morgan fingerprint density at radius 2 is 1.74 bits per heavy atom. The van der Waals surface area contributed by atoms with E-state index in [-0.39, 0.29) is 47.9 Å². The third-order valence-corrected chi connectivity index (χ3v) is 13.0. The molecule has 6 aliphatic heterocycles. The van der Waals surface area contributed by atoms with Gasteiger partial charge in [-0.05, 0) is 102 Å². The van der Waals surface area contributed by atoms with Crippen LogP contribution in [-0.4, -0.2) is 150 Å². The molecule has 4 N–H and O–H groups in total. The van der Waals surface area contributed by atoms with Gasteiger partial charge in [-0.1, -0.05) is 0 Å². The minimum Gasteiger partial charge on any atom is -0.371 e. The van der Waals surface area contributed by atoms with E-state index in [9.17, 15) is 28.8 Å². The van der Waals surface area contributed by atoms with Crippen molar-refractivity contribution in [2.45, 2.75) is 64.0 Å². The second-order valence-corrected chi connectivity index (χ2v) is 17.0. The fourth-order valence-corrected chi connectivity index (χ4v) is 9.63. The molecule has 7 amide bonds. The lowest BCUT2D eigenvalue weighted by atomic mass is 9.92. The van der Waals surface area contributed by atoms with Crippen LogP contribution >= 0.6 is 0 Å². The van der Waals surface area contributed by atoms with E-state index in [0.717, 1.165) is 93.4 Å². The molecule has 5 fully saturated rings. The highest BCUT2D eigenvalue weighted by Gasteiger charge is 2.45. The topological polar surface area (TPSA) is 210 Å². The van der Waals surface area contributed by atoms with Gasteiger partial charge in [0.1, 0.15) is 11.9 Å². The van der Waals surface area contributed by atoms with Crippen LogP contribution in [0.15, 0.2) is 52.9 Å². The molecule has 0 aliphatic carbocycles. The number of likely N-dealkylation sites (N-methyl/N-ethyl adjacent to an activating group) is 1. The molecule has 1 aromatic carbocycles. The zero-order chi connectivity index (χ0) is 42.9. The molecule has 6 aliphatic rings. The number of urea groups is 1. The van der Waals surface area contributed by atoms with Crippen LogP contribution in [-0.2, 0) is 9.59 Å². The van der Waals surface area contributed by atoms with Crippen molar-refractivity contribution >= 4 is 59.6 Å². The summed E-state index contributed by atoms with van der Waals surface area (Å²) in [4.78, 5) is 101. The van der Waals surface area contributed by atoms with E-state index >= 15 is 0 Å². The van der Waals surface area contributed by atoms with Gasteiger partial charge >= 0.3 is 6.03 Å². The van der Waals surface area contributed by atoms with Crippen LogP contribution in [0.1, 0.15) is 83.1 Å². The summed E-state index contributed by atoms with van der Waals surface area (Å²) in [6, 6.07) is 4.45. The highest BCUT2D eigenvalue weighted by atomic mass is 16.2. The van der Waals surface area contributed by atoms with Crippen molar-refractivity contribution in [1.82, 2.24) is 34.9 Å². The van der Waals surface area contributed by atoms with E-state index in [1.165, 1.54) is 0 Å². The van der Waals surface area contributed by atoms with Crippen molar-refractivity contribution in [3.05, 3.63) is 64.8 Å². The average molecular weight is 835 g/mol. The number of nitrogens with one attached hydrogen (secondary N) is 2.